The van der Waals surface area contributed by atoms with Crippen molar-refractivity contribution in [2.45, 2.75) is 32.4 Å². The normalized spacial score (nSPS) is 17.6. The molecular formula is C15H26N4. The lowest BCUT2D eigenvalue weighted by Crippen LogP contribution is -2.43. The van der Waals surface area contributed by atoms with Crippen LogP contribution in [0.25, 0.3) is 0 Å². The van der Waals surface area contributed by atoms with Gasteiger partial charge in [0.1, 0.15) is 0 Å². The first-order valence-corrected chi connectivity index (χ1v) is 7.29. The van der Waals surface area contributed by atoms with Gasteiger partial charge in [0, 0.05) is 38.9 Å². The van der Waals surface area contributed by atoms with Gasteiger partial charge < -0.3 is 15.1 Å². The van der Waals surface area contributed by atoms with Crippen LogP contribution in [-0.2, 0) is 6.54 Å². The van der Waals surface area contributed by atoms with Crippen LogP contribution < -0.4 is 10.2 Å². The molecule has 106 valence electrons. The lowest BCUT2D eigenvalue weighted by molar-refractivity contribution is 0.220. The molecular weight excluding hydrogens is 236 g/mol. The van der Waals surface area contributed by atoms with Crippen LogP contribution in [-0.4, -0.2) is 49.7 Å². The molecule has 2 heterocycles. The summed E-state index contributed by atoms with van der Waals surface area (Å²) in [7, 11) is 4.20. The first kappa shape index (κ1) is 14.3. The van der Waals surface area contributed by atoms with Gasteiger partial charge >= 0.3 is 0 Å². The summed E-state index contributed by atoms with van der Waals surface area (Å²) < 4.78 is 0. The van der Waals surface area contributed by atoms with E-state index in [4.69, 9.17) is 0 Å². The van der Waals surface area contributed by atoms with E-state index in [0.29, 0.717) is 6.04 Å². The molecule has 0 amide bonds. The maximum Gasteiger partial charge on any atom is 0.0598 e. The Hall–Kier alpha value is -1.13. The molecule has 19 heavy (non-hydrogen) atoms. The maximum atomic E-state index is 4.29. The fourth-order valence-electron chi connectivity index (χ4n) is 2.89. The van der Waals surface area contributed by atoms with E-state index in [1.54, 1.807) is 0 Å². The Kier molecular flexibility index (Phi) is 5.16. The molecule has 1 saturated heterocycles. The Balaban J connectivity index is 2.05. The quantitative estimate of drug-likeness (QED) is 0.875. The van der Waals surface area contributed by atoms with E-state index in [2.05, 4.69) is 40.1 Å². The lowest BCUT2D eigenvalue weighted by atomic mass is 10.0. The molecule has 0 bridgehead atoms. The van der Waals surface area contributed by atoms with E-state index in [1.807, 2.05) is 19.4 Å². The molecule has 1 aliphatic heterocycles. The number of anilines is 1. The molecule has 2 rings (SSSR count). The summed E-state index contributed by atoms with van der Waals surface area (Å²) in [6.07, 6.45) is 6.37. The molecule has 1 aromatic heterocycles. The number of piperidine rings is 1. The van der Waals surface area contributed by atoms with Gasteiger partial charge in [-0.3, -0.25) is 4.98 Å². The summed E-state index contributed by atoms with van der Waals surface area (Å²) in [5.74, 6) is 0. The average Bonchev–Trinajstić information content (AvgIpc) is 2.47. The monoisotopic (exact) mass is 262 g/mol. The van der Waals surface area contributed by atoms with Crippen molar-refractivity contribution in [3.63, 3.8) is 0 Å². The highest BCUT2D eigenvalue weighted by molar-refractivity contribution is 5.52. The van der Waals surface area contributed by atoms with Gasteiger partial charge in [0.25, 0.3) is 0 Å². The minimum atomic E-state index is 0.641. The Morgan fingerprint density at radius 2 is 2.16 bits per heavy atom. The molecule has 4 nitrogen and oxygen atoms in total. The zero-order valence-electron chi connectivity index (χ0n) is 12.4. The van der Waals surface area contributed by atoms with Crippen molar-refractivity contribution < 1.29 is 0 Å². The molecule has 0 atom stereocenters. The maximum absolute atomic E-state index is 4.29. The van der Waals surface area contributed by atoms with Gasteiger partial charge in [-0.2, -0.15) is 0 Å². The molecule has 1 fully saturated rings. The smallest absolute Gasteiger partial charge is 0.0598 e. The van der Waals surface area contributed by atoms with Crippen molar-refractivity contribution >= 4 is 5.69 Å². The standard InChI is InChI=1S/C15H26N4/c1-4-19-9-6-14(7-10-19)18(3)15-12-17-8-5-13(15)11-16-2/h5,8,12,14,16H,4,6-7,9-11H2,1-3H3. The molecule has 0 aliphatic carbocycles. The number of nitrogens with one attached hydrogen (secondary N) is 1. The molecule has 0 saturated carbocycles. The molecule has 1 N–H and O–H groups in total. The third-order valence-electron chi connectivity index (χ3n) is 4.19. The average molecular weight is 262 g/mol. The van der Waals surface area contributed by atoms with Gasteiger partial charge in [-0.25, -0.2) is 0 Å². The molecule has 1 aromatic rings. The Morgan fingerprint density at radius 3 is 2.79 bits per heavy atom. The SMILES string of the molecule is CCN1CCC(N(C)c2cnccc2CNC)CC1. The highest BCUT2D eigenvalue weighted by Crippen LogP contribution is 2.24. The molecule has 1 aliphatic rings. The van der Waals surface area contributed by atoms with Crippen LogP contribution in [0.2, 0.25) is 0 Å². The lowest BCUT2D eigenvalue weighted by Gasteiger charge is -2.38. The van der Waals surface area contributed by atoms with E-state index >= 15 is 0 Å². The topological polar surface area (TPSA) is 31.4 Å². The van der Waals surface area contributed by atoms with Crippen molar-refractivity contribution in [3.05, 3.63) is 24.0 Å². The van der Waals surface area contributed by atoms with E-state index in [9.17, 15) is 0 Å². The van der Waals surface area contributed by atoms with E-state index < -0.39 is 0 Å². The zero-order valence-corrected chi connectivity index (χ0v) is 12.4. The van der Waals surface area contributed by atoms with Crippen LogP contribution in [0.1, 0.15) is 25.3 Å². The van der Waals surface area contributed by atoms with Crippen LogP contribution >= 0.6 is 0 Å². The number of hydrogen-bond acceptors (Lipinski definition) is 4. The molecule has 0 radical (unpaired) electrons. The number of hydrogen-bond donors (Lipinski definition) is 1. The Morgan fingerprint density at radius 1 is 1.42 bits per heavy atom. The van der Waals surface area contributed by atoms with Crippen LogP contribution in [0.4, 0.5) is 5.69 Å². The van der Waals surface area contributed by atoms with Gasteiger partial charge in [-0.1, -0.05) is 6.92 Å². The van der Waals surface area contributed by atoms with Crippen molar-refractivity contribution in [1.29, 1.82) is 0 Å². The summed E-state index contributed by atoms with van der Waals surface area (Å²) in [5.41, 5.74) is 2.60. The predicted molar refractivity (Wildman–Crippen MR) is 80.5 cm³/mol. The Bertz CT molecular complexity index is 385. The van der Waals surface area contributed by atoms with Crippen molar-refractivity contribution in [2.24, 2.45) is 0 Å². The summed E-state index contributed by atoms with van der Waals surface area (Å²) in [6.45, 7) is 6.75. The minimum Gasteiger partial charge on any atom is -0.370 e. The van der Waals surface area contributed by atoms with Crippen LogP contribution in [0, 0.1) is 0 Å². The first-order valence-electron chi connectivity index (χ1n) is 7.29. The van der Waals surface area contributed by atoms with Gasteiger partial charge in [0.15, 0.2) is 0 Å². The fourth-order valence-corrected chi connectivity index (χ4v) is 2.89. The summed E-state index contributed by atoms with van der Waals surface area (Å²) in [5, 5.41) is 3.24. The zero-order chi connectivity index (χ0) is 13.7. The van der Waals surface area contributed by atoms with Gasteiger partial charge in [0.05, 0.1) is 11.9 Å². The van der Waals surface area contributed by atoms with E-state index in [0.717, 1.165) is 6.54 Å². The largest absolute Gasteiger partial charge is 0.370 e. The summed E-state index contributed by atoms with van der Waals surface area (Å²) in [6, 6.07) is 2.76. The predicted octanol–water partition coefficient (Wildman–Crippen LogP) is 1.72. The van der Waals surface area contributed by atoms with E-state index in [1.165, 1.54) is 43.7 Å². The molecule has 0 aromatic carbocycles. The summed E-state index contributed by atoms with van der Waals surface area (Å²) in [4.78, 5) is 9.25. The highest BCUT2D eigenvalue weighted by Gasteiger charge is 2.23. The third kappa shape index (κ3) is 3.45. The number of rotatable bonds is 5. The minimum absolute atomic E-state index is 0.641. The number of nitrogens with zero attached hydrogens (tertiary/aromatic N) is 3. The second-order valence-corrected chi connectivity index (χ2v) is 5.31. The van der Waals surface area contributed by atoms with Gasteiger partial charge in [-0.15, -0.1) is 0 Å². The summed E-state index contributed by atoms with van der Waals surface area (Å²) >= 11 is 0. The molecule has 0 unspecified atom stereocenters. The van der Waals surface area contributed by atoms with Crippen LogP contribution in [0.15, 0.2) is 18.5 Å². The number of pyridine rings is 1. The third-order valence-corrected chi connectivity index (χ3v) is 4.19. The van der Waals surface area contributed by atoms with Crippen molar-refractivity contribution in [2.75, 3.05) is 38.6 Å². The second-order valence-electron chi connectivity index (χ2n) is 5.31. The van der Waals surface area contributed by atoms with Gasteiger partial charge in [0.2, 0.25) is 0 Å². The molecule has 0 spiro atoms. The van der Waals surface area contributed by atoms with Crippen molar-refractivity contribution in [1.82, 2.24) is 15.2 Å². The fraction of sp³-hybridized carbons (Fsp3) is 0.667. The van der Waals surface area contributed by atoms with Crippen LogP contribution in [0.5, 0.6) is 0 Å². The second kappa shape index (κ2) is 6.87. The highest BCUT2D eigenvalue weighted by atomic mass is 15.2. The van der Waals surface area contributed by atoms with E-state index in [-0.39, 0.29) is 0 Å². The van der Waals surface area contributed by atoms with Crippen LogP contribution in [0.3, 0.4) is 0 Å². The van der Waals surface area contributed by atoms with Gasteiger partial charge in [-0.05, 0) is 38.1 Å². The number of likely N-dealkylation sites (tertiary alicyclic amines) is 1. The Labute approximate surface area is 116 Å². The van der Waals surface area contributed by atoms with Crippen molar-refractivity contribution in [3.8, 4) is 0 Å². The number of aromatic nitrogens is 1. The molecule has 4 heteroatoms. The first-order chi connectivity index (χ1) is 9.26.